The number of nitrogens with one attached hydrogen (secondary N) is 1. The number of fused-ring (bicyclic) bond motifs is 1. The number of rotatable bonds is 6. The Morgan fingerprint density at radius 1 is 1.36 bits per heavy atom. The highest BCUT2D eigenvalue weighted by Crippen LogP contribution is 2.20. The van der Waals surface area contributed by atoms with Gasteiger partial charge in [0.25, 0.3) is 5.91 Å². The van der Waals surface area contributed by atoms with Gasteiger partial charge in [0.15, 0.2) is 0 Å². The Balaban J connectivity index is 2.27. The van der Waals surface area contributed by atoms with E-state index in [4.69, 9.17) is 5.11 Å². The van der Waals surface area contributed by atoms with E-state index in [1.807, 2.05) is 13.8 Å². The van der Waals surface area contributed by atoms with E-state index in [0.717, 1.165) is 0 Å². The molecule has 118 valence electrons. The van der Waals surface area contributed by atoms with E-state index in [1.165, 1.54) is 17.0 Å². The number of hydrogen-bond donors (Lipinski definition) is 2. The van der Waals surface area contributed by atoms with Gasteiger partial charge < -0.3 is 15.0 Å². The average molecular weight is 306 g/mol. The molecule has 0 saturated carbocycles. The van der Waals surface area contributed by atoms with Gasteiger partial charge in [0.2, 0.25) is 0 Å². The molecule has 1 heterocycles. The van der Waals surface area contributed by atoms with E-state index in [-0.39, 0.29) is 30.5 Å². The zero-order valence-electron chi connectivity index (χ0n) is 12.6. The molecule has 0 fully saturated rings. The number of aromatic nitrogens is 1. The molecule has 0 bridgehead atoms. The molecule has 2 N–H and O–H groups in total. The molecule has 6 heteroatoms. The molecule has 2 rings (SSSR count). The highest BCUT2D eigenvalue weighted by molar-refractivity contribution is 5.98. The van der Waals surface area contributed by atoms with Crippen LogP contribution in [0.4, 0.5) is 4.39 Å². The Labute approximate surface area is 127 Å². The first-order valence-corrected chi connectivity index (χ1v) is 7.16. The van der Waals surface area contributed by atoms with Gasteiger partial charge in [-0.15, -0.1) is 0 Å². The van der Waals surface area contributed by atoms with Crippen molar-refractivity contribution in [2.24, 2.45) is 5.92 Å². The third-order valence-electron chi connectivity index (χ3n) is 3.31. The maximum Gasteiger partial charge on any atom is 0.305 e. The highest BCUT2D eigenvalue weighted by atomic mass is 19.1. The number of benzene rings is 1. The van der Waals surface area contributed by atoms with E-state index in [1.54, 1.807) is 12.1 Å². The van der Waals surface area contributed by atoms with Crippen molar-refractivity contribution in [1.29, 1.82) is 0 Å². The molecule has 1 aromatic heterocycles. The molecule has 0 radical (unpaired) electrons. The summed E-state index contributed by atoms with van der Waals surface area (Å²) >= 11 is 0. The number of halogens is 1. The quantitative estimate of drug-likeness (QED) is 0.862. The largest absolute Gasteiger partial charge is 0.481 e. The van der Waals surface area contributed by atoms with Crippen LogP contribution in [0, 0.1) is 11.7 Å². The second-order valence-electron chi connectivity index (χ2n) is 5.67. The summed E-state index contributed by atoms with van der Waals surface area (Å²) in [6.07, 6.45) is -0.118. The number of carboxylic acid groups (broad SMARTS) is 1. The van der Waals surface area contributed by atoms with Crippen LogP contribution in [0.2, 0.25) is 0 Å². The van der Waals surface area contributed by atoms with Crippen molar-refractivity contribution in [3.8, 4) is 0 Å². The standard InChI is InChI=1S/C16H19FN2O3/c1-10(2)9-19(7-6-15(20)21)16(22)14-8-11-12(17)4-3-5-13(11)18-14/h3-5,8,10,18H,6-7,9H2,1-2H3,(H,20,21). The van der Waals surface area contributed by atoms with Gasteiger partial charge >= 0.3 is 5.97 Å². The third kappa shape index (κ3) is 3.63. The molecule has 1 amide bonds. The van der Waals surface area contributed by atoms with Crippen LogP contribution in [0.3, 0.4) is 0 Å². The van der Waals surface area contributed by atoms with Gasteiger partial charge in [0.05, 0.1) is 6.42 Å². The van der Waals surface area contributed by atoms with E-state index < -0.39 is 11.8 Å². The van der Waals surface area contributed by atoms with Crippen molar-refractivity contribution >= 4 is 22.8 Å². The molecular formula is C16H19FN2O3. The highest BCUT2D eigenvalue weighted by Gasteiger charge is 2.20. The minimum Gasteiger partial charge on any atom is -0.481 e. The minimum atomic E-state index is -0.954. The van der Waals surface area contributed by atoms with E-state index in [9.17, 15) is 14.0 Å². The number of aromatic amines is 1. The van der Waals surface area contributed by atoms with Gasteiger partial charge in [-0.05, 0) is 24.1 Å². The van der Waals surface area contributed by atoms with Crippen LogP contribution in [0.1, 0.15) is 30.8 Å². The predicted octanol–water partition coefficient (Wildman–Crippen LogP) is 2.88. The minimum absolute atomic E-state index is 0.118. The normalized spacial score (nSPS) is 11.1. The lowest BCUT2D eigenvalue weighted by molar-refractivity contribution is -0.137. The monoisotopic (exact) mass is 306 g/mol. The molecule has 0 atom stereocenters. The van der Waals surface area contributed by atoms with Crippen molar-refractivity contribution in [2.45, 2.75) is 20.3 Å². The van der Waals surface area contributed by atoms with Gasteiger partial charge in [-0.25, -0.2) is 4.39 Å². The third-order valence-corrected chi connectivity index (χ3v) is 3.31. The Morgan fingerprint density at radius 3 is 2.68 bits per heavy atom. The Morgan fingerprint density at radius 2 is 2.09 bits per heavy atom. The van der Waals surface area contributed by atoms with Crippen molar-refractivity contribution in [3.63, 3.8) is 0 Å². The van der Waals surface area contributed by atoms with Crippen molar-refractivity contribution in [3.05, 3.63) is 35.8 Å². The second-order valence-corrected chi connectivity index (χ2v) is 5.67. The first-order valence-electron chi connectivity index (χ1n) is 7.16. The summed E-state index contributed by atoms with van der Waals surface area (Å²) in [6.45, 7) is 4.48. The number of amides is 1. The summed E-state index contributed by atoms with van der Waals surface area (Å²) < 4.78 is 13.7. The summed E-state index contributed by atoms with van der Waals surface area (Å²) in [6, 6.07) is 6.07. The zero-order valence-corrected chi connectivity index (χ0v) is 12.6. The van der Waals surface area contributed by atoms with Gasteiger partial charge in [-0.1, -0.05) is 19.9 Å². The lowest BCUT2D eigenvalue weighted by Gasteiger charge is -2.23. The second kappa shape index (κ2) is 6.60. The fourth-order valence-corrected chi connectivity index (χ4v) is 2.35. The molecule has 0 spiro atoms. The molecule has 0 saturated heterocycles. The van der Waals surface area contributed by atoms with Crippen LogP contribution >= 0.6 is 0 Å². The first kappa shape index (κ1) is 16.0. The Hall–Kier alpha value is -2.37. The summed E-state index contributed by atoms with van der Waals surface area (Å²) in [5, 5.41) is 9.16. The van der Waals surface area contributed by atoms with Crippen LogP contribution in [0.25, 0.3) is 10.9 Å². The summed E-state index contributed by atoms with van der Waals surface area (Å²) in [5.41, 5.74) is 0.817. The van der Waals surface area contributed by atoms with Crippen LogP contribution in [-0.2, 0) is 4.79 Å². The summed E-state index contributed by atoms with van der Waals surface area (Å²) in [5.74, 6) is -1.46. The van der Waals surface area contributed by atoms with Gasteiger partial charge in [0, 0.05) is 24.0 Å². The van der Waals surface area contributed by atoms with Crippen LogP contribution in [0.5, 0.6) is 0 Å². The maximum absolute atomic E-state index is 13.7. The number of carbonyl (C=O) groups excluding carboxylic acids is 1. The fourth-order valence-electron chi connectivity index (χ4n) is 2.35. The number of H-pyrrole nitrogens is 1. The Kier molecular flexibility index (Phi) is 4.80. The smallest absolute Gasteiger partial charge is 0.305 e. The topological polar surface area (TPSA) is 73.4 Å². The maximum atomic E-state index is 13.7. The summed E-state index contributed by atoms with van der Waals surface area (Å²) in [4.78, 5) is 27.7. The predicted molar refractivity (Wildman–Crippen MR) is 81.3 cm³/mol. The summed E-state index contributed by atoms with van der Waals surface area (Å²) in [7, 11) is 0. The van der Waals surface area contributed by atoms with Crippen molar-refractivity contribution in [2.75, 3.05) is 13.1 Å². The molecule has 0 aliphatic carbocycles. The van der Waals surface area contributed by atoms with Gasteiger partial charge in [-0.2, -0.15) is 0 Å². The molecule has 0 aliphatic rings. The number of hydrogen-bond acceptors (Lipinski definition) is 2. The number of carbonyl (C=O) groups is 2. The molecular weight excluding hydrogens is 287 g/mol. The van der Waals surface area contributed by atoms with E-state index in [2.05, 4.69) is 4.98 Å². The average Bonchev–Trinajstić information content (AvgIpc) is 2.87. The lowest BCUT2D eigenvalue weighted by Crippen LogP contribution is -2.36. The molecule has 2 aromatic rings. The van der Waals surface area contributed by atoms with E-state index in [0.29, 0.717) is 17.4 Å². The van der Waals surface area contributed by atoms with Crippen LogP contribution in [0.15, 0.2) is 24.3 Å². The van der Waals surface area contributed by atoms with Crippen LogP contribution in [-0.4, -0.2) is 40.0 Å². The molecule has 0 aliphatic heterocycles. The molecule has 5 nitrogen and oxygen atoms in total. The number of nitrogens with zero attached hydrogens (tertiary/aromatic N) is 1. The fraction of sp³-hybridized carbons (Fsp3) is 0.375. The molecule has 1 aromatic carbocycles. The van der Waals surface area contributed by atoms with E-state index >= 15 is 0 Å². The zero-order chi connectivity index (χ0) is 16.3. The SMILES string of the molecule is CC(C)CN(CCC(=O)O)C(=O)c1cc2c(F)cccc2[nH]1. The first-order chi connectivity index (χ1) is 10.4. The molecule has 0 unspecified atom stereocenters. The molecule has 22 heavy (non-hydrogen) atoms. The number of carboxylic acids is 1. The van der Waals surface area contributed by atoms with Crippen molar-refractivity contribution in [1.82, 2.24) is 9.88 Å². The lowest BCUT2D eigenvalue weighted by atomic mass is 10.2. The van der Waals surface area contributed by atoms with Crippen molar-refractivity contribution < 1.29 is 19.1 Å². The Bertz CT molecular complexity index is 694. The number of aliphatic carboxylic acids is 1. The van der Waals surface area contributed by atoms with Crippen LogP contribution < -0.4 is 0 Å². The van der Waals surface area contributed by atoms with Gasteiger partial charge in [-0.3, -0.25) is 9.59 Å². The van der Waals surface area contributed by atoms with Gasteiger partial charge in [0.1, 0.15) is 11.5 Å².